The molecule has 4 N–H and O–H groups in total. The van der Waals surface area contributed by atoms with Gasteiger partial charge in [-0.3, -0.25) is 0 Å². The fraction of sp³-hybridized carbons (Fsp3) is 0.462. The summed E-state index contributed by atoms with van der Waals surface area (Å²) in [7, 11) is 0. The Labute approximate surface area is 106 Å². The molecule has 0 bridgehead atoms. The van der Waals surface area contributed by atoms with E-state index in [2.05, 4.69) is 21.0 Å². The Balaban J connectivity index is 2.18. The lowest BCUT2D eigenvalue weighted by atomic mass is 9.96. The van der Waals surface area contributed by atoms with Crippen LogP contribution in [0.4, 0.5) is 11.8 Å². The Bertz CT molecular complexity index is 593. The number of aromatic nitrogens is 3. The van der Waals surface area contributed by atoms with Gasteiger partial charge in [0.15, 0.2) is 5.65 Å². The van der Waals surface area contributed by atoms with Crippen LogP contribution in [0.1, 0.15) is 36.9 Å². The molecule has 18 heavy (non-hydrogen) atoms. The second kappa shape index (κ2) is 4.40. The van der Waals surface area contributed by atoms with Crippen LogP contribution in [0.25, 0.3) is 11.0 Å². The lowest BCUT2D eigenvalue weighted by Gasteiger charge is -2.14. The largest absolute Gasteiger partial charge is 0.383 e. The molecule has 0 aromatic carbocycles. The molecule has 0 amide bonds. The summed E-state index contributed by atoms with van der Waals surface area (Å²) in [5.41, 5.74) is 14.6. The van der Waals surface area contributed by atoms with Gasteiger partial charge in [-0.1, -0.05) is 12.8 Å². The lowest BCUT2D eigenvalue weighted by Crippen LogP contribution is -2.07. The van der Waals surface area contributed by atoms with Crippen molar-refractivity contribution in [2.75, 3.05) is 11.5 Å². The Kier molecular flexibility index (Phi) is 2.74. The molecule has 1 aliphatic carbocycles. The van der Waals surface area contributed by atoms with Crippen LogP contribution in [0.15, 0.2) is 6.07 Å². The number of anilines is 2. The maximum Gasteiger partial charge on any atom is 0.224 e. The Hall–Kier alpha value is -1.91. The molecule has 0 saturated heterocycles. The van der Waals surface area contributed by atoms with Crippen LogP contribution < -0.4 is 11.5 Å². The SMILES string of the molecule is Nc1nc(N)c2cc3c(nc2n1)CCCCCC3. The first-order valence-corrected chi connectivity index (χ1v) is 6.45. The standard InChI is InChI=1S/C13H17N5/c14-11-9-7-8-5-3-1-2-4-6-10(8)16-12(9)18-13(15)17-11/h7H,1-6H2,(H4,14,15,16,17,18). The summed E-state index contributed by atoms with van der Waals surface area (Å²) in [4.78, 5) is 12.8. The van der Waals surface area contributed by atoms with E-state index in [4.69, 9.17) is 11.5 Å². The molecule has 0 saturated carbocycles. The molecular weight excluding hydrogens is 226 g/mol. The molecule has 5 heteroatoms. The van der Waals surface area contributed by atoms with Gasteiger partial charge in [-0.2, -0.15) is 9.97 Å². The van der Waals surface area contributed by atoms with E-state index in [-0.39, 0.29) is 5.95 Å². The minimum Gasteiger partial charge on any atom is -0.383 e. The average Bonchev–Trinajstić information content (AvgIpc) is 2.29. The number of aryl methyl sites for hydroxylation is 2. The van der Waals surface area contributed by atoms with E-state index in [1.54, 1.807) is 0 Å². The smallest absolute Gasteiger partial charge is 0.224 e. The van der Waals surface area contributed by atoms with Crippen LogP contribution in [0, 0.1) is 0 Å². The third-order valence-corrected chi connectivity index (χ3v) is 3.51. The Morgan fingerprint density at radius 2 is 1.67 bits per heavy atom. The minimum atomic E-state index is 0.193. The van der Waals surface area contributed by atoms with Crippen LogP contribution in [0.5, 0.6) is 0 Å². The van der Waals surface area contributed by atoms with Crippen molar-refractivity contribution in [3.63, 3.8) is 0 Å². The van der Waals surface area contributed by atoms with Gasteiger partial charge in [-0.15, -0.1) is 0 Å². The predicted octanol–water partition coefficient (Wildman–Crippen LogP) is 1.85. The zero-order valence-electron chi connectivity index (χ0n) is 10.3. The van der Waals surface area contributed by atoms with Crippen LogP contribution >= 0.6 is 0 Å². The molecule has 0 unspecified atom stereocenters. The van der Waals surface area contributed by atoms with E-state index < -0.39 is 0 Å². The summed E-state index contributed by atoms with van der Waals surface area (Å²) in [6, 6.07) is 2.09. The average molecular weight is 243 g/mol. The lowest BCUT2D eigenvalue weighted by molar-refractivity contribution is 0.610. The van der Waals surface area contributed by atoms with Gasteiger partial charge >= 0.3 is 0 Å². The molecule has 2 aromatic rings. The number of nitrogen functional groups attached to an aromatic ring is 2. The van der Waals surface area contributed by atoms with Crippen molar-refractivity contribution in [2.45, 2.75) is 38.5 Å². The quantitative estimate of drug-likeness (QED) is 0.736. The first kappa shape index (κ1) is 11.2. The highest BCUT2D eigenvalue weighted by atomic mass is 15.1. The summed E-state index contributed by atoms with van der Waals surface area (Å²) in [5, 5.41) is 0.823. The van der Waals surface area contributed by atoms with E-state index in [1.165, 1.54) is 31.2 Å². The maximum atomic E-state index is 5.89. The highest BCUT2D eigenvalue weighted by Crippen LogP contribution is 2.24. The van der Waals surface area contributed by atoms with Gasteiger partial charge in [0.05, 0.1) is 5.39 Å². The van der Waals surface area contributed by atoms with Gasteiger partial charge in [-0.05, 0) is 37.3 Å². The molecule has 3 rings (SSSR count). The van der Waals surface area contributed by atoms with Gasteiger partial charge in [0.25, 0.3) is 0 Å². The van der Waals surface area contributed by atoms with Gasteiger partial charge < -0.3 is 11.5 Å². The third-order valence-electron chi connectivity index (χ3n) is 3.51. The number of fused-ring (bicyclic) bond motifs is 2. The van der Waals surface area contributed by atoms with Crippen molar-refractivity contribution in [3.8, 4) is 0 Å². The highest BCUT2D eigenvalue weighted by Gasteiger charge is 2.12. The van der Waals surface area contributed by atoms with Gasteiger partial charge in [0, 0.05) is 5.69 Å². The van der Waals surface area contributed by atoms with Gasteiger partial charge in [0.2, 0.25) is 5.95 Å². The molecule has 5 nitrogen and oxygen atoms in total. The predicted molar refractivity (Wildman–Crippen MR) is 72.0 cm³/mol. The van der Waals surface area contributed by atoms with E-state index in [0.717, 1.165) is 23.9 Å². The molecule has 0 atom stereocenters. The number of nitrogens with zero attached hydrogens (tertiary/aromatic N) is 3. The molecule has 2 aromatic heterocycles. The summed E-state index contributed by atoms with van der Waals surface area (Å²) in [6.07, 6.45) is 7.09. The fourth-order valence-corrected chi connectivity index (χ4v) is 2.57. The van der Waals surface area contributed by atoms with Crippen LogP contribution in [-0.4, -0.2) is 15.0 Å². The number of rotatable bonds is 0. The molecule has 0 fully saturated rings. The maximum absolute atomic E-state index is 5.89. The van der Waals surface area contributed by atoms with E-state index in [0.29, 0.717) is 11.5 Å². The first-order valence-electron chi connectivity index (χ1n) is 6.45. The van der Waals surface area contributed by atoms with Crippen LogP contribution in [0.3, 0.4) is 0 Å². The van der Waals surface area contributed by atoms with Crippen LogP contribution in [0.2, 0.25) is 0 Å². The van der Waals surface area contributed by atoms with Gasteiger partial charge in [0.1, 0.15) is 5.82 Å². The van der Waals surface area contributed by atoms with E-state index in [1.807, 2.05) is 0 Å². The summed E-state index contributed by atoms with van der Waals surface area (Å²) in [5.74, 6) is 0.619. The second-order valence-electron chi connectivity index (χ2n) is 4.85. The van der Waals surface area contributed by atoms with Crippen molar-refractivity contribution in [2.24, 2.45) is 0 Å². The van der Waals surface area contributed by atoms with Crippen LogP contribution in [-0.2, 0) is 12.8 Å². The monoisotopic (exact) mass is 243 g/mol. The minimum absolute atomic E-state index is 0.193. The first-order chi connectivity index (χ1) is 8.74. The summed E-state index contributed by atoms with van der Waals surface area (Å²) >= 11 is 0. The van der Waals surface area contributed by atoms with Gasteiger partial charge in [-0.25, -0.2) is 4.98 Å². The van der Waals surface area contributed by atoms with Crippen molar-refractivity contribution in [3.05, 3.63) is 17.3 Å². The third kappa shape index (κ3) is 1.96. The van der Waals surface area contributed by atoms with Crippen molar-refractivity contribution >= 4 is 22.8 Å². The highest BCUT2D eigenvalue weighted by molar-refractivity contribution is 5.86. The zero-order valence-corrected chi connectivity index (χ0v) is 10.3. The molecule has 2 heterocycles. The molecule has 0 aliphatic heterocycles. The topological polar surface area (TPSA) is 90.7 Å². The summed E-state index contributed by atoms with van der Waals surface area (Å²) < 4.78 is 0. The molecule has 94 valence electrons. The fourth-order valence-electron chi connectivity index (χ4n) is 2.57. The molecule has 0 spiro atoms. The summed E-state index contributed by atoms with van der Waals surface area (Å²) in [6.45, 7) is 0. The van der Waals surface area contributed by atoms with Crippen molar-refractivity contribution < 1.29 is 0 Å². The van der Waals surface area contributed by atoms with Crippen molar-refractivity contribution in [1.29, 1.82) is 0 Å². The van der Waals surface area contributed by atoms with E-state index >= 15 is 0 Å². The normalized spacial score (nSPS) is 16.0. The number of nitrogens with two attached hydrogens (primary N) is 2. The number of pyridine rings is 1. The Morgan fingerprint density at radius 1 is 0.889 bits per heavy atom. The van der Waals surface area contributed by atoms with Crippen molar-refractivity contribution in [1.82, 2.24) is 15.0 Å². The second-order valence-corrected chi connectivity index (χ2v) is 4.85. The Morgan fingerprint density at radius 3 is 2.50 bits per heavy atom. The molecular formula is C13H17N5. The molecule has 0 radical (unpaired) electrons. The molecule has 1 aliphatic rings. The van der Waals surface area contributed by atoms with E-state index in [9.17, 15) is 0 Å². The zero-order chi connectivity index (χ0) is 12.5. The number of hydrogen-bond acceptors (Lipinski definition) is 5. The number of hydrogen-bond donors (Lipinski definition) is 2.